The van der Waals surface area contributed by atoms with Crippen LogP contribution in [0.25, 0.3) is 327 Å². The van der Waals surface area contributed by atoms with Crippen LogP contribution >= 0.6 is 0 Å². The van der Waals surface area contributed by atoms with Crippen LogP contribution in [0.3, 0.4) is 0 Å². The Morgan fingerprint density at radius 1 is 0.153 bits per heavy atom. The summed E-state index contributed by atoms with van der Waals surface area (Å²) in [4.78, 5) is 41.1. The predicted molar refractivity (Wildman–Crippen MR) is 610 cm³/mol. The molecule has 22 aromatic carbocycles. The molecule has 0 saturated heterocycles. The van der Waals surface area contributed by atoms with Crippen molar-refractivity contribution in [3.05, 3.63) is 467 Å². The van der Waals surface area contributed by atoms with Crippen LogP contribution < -0.4 is 0 Å². The van der Waals surface area contributed by atoms with E-state index in [0.29, 0.717) is 41.0 Å². The molecular weight excluding hydrogens is 1840 g/mol. The van der Waals surface area contributed by atoms with E-state index in [1.807, 2.05) is 152 Å². The Hall–Kier alpha value is -20.5. The Kier molecular flexibility index (Phi) is 18.0. The van der Waals surface area contributed by atoms with Gasteiger partial charge < -0.3 is 17.8 Å². The fraction of sp³-hybridized carbons (Fsp3) is 0. The molecule has 14 nitrogen and oxygen atoms in total. The van der Waals surface area contributed by atoms with Gasteiger partial charge in [0.25, 0.3) is 0 Å². The van der Waals surface area contributed by atoms with Crippen LogP contribution in [0.15, 0.2) is 480 Å². The van der Waals surface area contributed by atoms with E-state index in [1.165, 1.54) is 131 Å². The summed E-state index contributed by atoms with van der Waals surface area (Å²) in [6.45, 7) is 0. The zero-order valence-electron chi connectivity index (χ0n) is 80.1. The van der Waals surface area contributed by atoms with Crippen molar-refractivity contribution in [3.8, 4) is 164 Å². The van der Waals surface area contributed by atoms with Gasteiger partial charge in [0.15, 0.2) is 29.1 Å². The van der Waals surface area contributed by atoms with Crippen LogP contribution in [0.2, 0.25) is 0 Å². The zero-order chi connectivity index (χ0) is 98.0. The summed E-state index contributed by atoms with van der Waals surface area (Å²) < 4.78 is 26.9. The third kappa shape index (κ3) is 12.5. The maximum absolute atomic E-state index is 6.69. The molecule has 9 heterocycles. The molecule has 694 valence electrons. The minimum Gasteiger partial charge on any atom is -0.456 e. The second-order valence-electron chi connectivity index (χ2n) is 38.9. The van der Waals surface area contributed by atoms with Gasteiger partial charge in [-0.2, -0.15) is 9.97 Å². The van der Waals surface area contributed by atoms with E-state index in [1.54, 1.807) is 0 Å². The molecule has 0 amide bonds. The number of furan rings is 3. The van der Waals surface area contributed by atoms with Crippen molar-refractivity contribution in [1.82, 2.24) is 53.6 Å². The fourth-order valence-electron chi connectivity index (χ4n) is 24.4. The van der Waals surface area contributed by atoms with Gasteiger partial charge in [0, 0.05) is 144 Å². The number of benzene rings is 22. The van der Waals surface area contributed by atoms with Crippen molar-refractivity contribution >= 4 is 164 Å². The summed E-state index contributed by atoms with van der Waals surface area (Å²) >= 11 is 0. The largest absolute Gasteiger partial charge is 0.456 e. The van der Waals surface area contributed by atoms with Crippen molar-refractivity contribution in [2.24, 2.45) is 0 Å². The fourth-order valence-corrected chi connectivity index (χ4v) is 24.4. The van der Waals surface area contributed by atoms with Gasteiger partial charge in [-0.05, 0) is 137 Å². The van der Waals surface area contributed by atoms with Gasteiger partial charge in [-0.1, -0.05) is 394 Å². The molecule has 150 heavy (non-hydrogen) atoms. The van der Waals surface area contributed by atoms with Crippen molar-refractivity contribution in [3.63, 3.8) is 0 Å². The molecule has 0 spiro atoms. The lowest BCUT2D eigenvalue weighted by Crippen LogP contribution is -2.06. The average Bonchev–Trinajstić information content (AvgIpc) is 1.53. The Labute approximate surface area is 855 Å². The summed E-state index contributed by atoms with van der Waals surface area (Å²) in [6.07, 6.45) is 0. The van der Waals surface area contributed by atoms with Gasteiger partial charge in [0.05, 0.1) is 44.5 Å². The molecule has 0 N–H and O–H groups in total. The van der Waals surface area contributed by atoms with Gasteiger partial charge in [-0.25, -0.2) is 29.9 Å². The Balaban J connectivity index is 0.0000000995. The van der Waals surface area contributed by atoms with Crippen molar-refractivity contribution in [2.45, 2.75) is 0 Å². The maximum atomic E-state index is 6.69. The Bertz CT molecular complexity index is 10600. The van der Waals surface area contributed by atoms with E-state index in [-0.39, 0.29) is 0 Å². The van der Waals surface area contributed by atoms with Gasteiger partial charge >= 0.3 is 0 Å². The Morgan fingerprint density at radius 3 is 0.787 bits per heavy atom. The average molecular weight is 1910 g/mol. The highest BCUT2D eigenvalue weighted by Gasteiger charge is 2.36. The van der Waals surface area contributed by atoms with Crippen LogP contribution in [0.4, 0.5) is 0 Å². The van der Waals surface area contributed by atoms with E-state index in [0.717, 1.165) is 155 Å². The molecule has 31 aromatic rings. The highest BCUT2D eigenvalue weighted by atomic mass is 16.3. The third-order valence-electron chi connectivity index (χ3n) is 30.7. The maximum Gasteiger partial charge on any atom is 0.238 e. The van der Waals surface area contributed by atoms with Crippen LogP contribution in [0.1, 0.15) is 0 Å². The SMILES string of the molecule is c1ccc(-c2cc(-c3ccccc3)nc(-n3c4cc5oc6ccccc6c5c5c4c4c6c(cccc6ccc43)-c3ccccc3-5)n2)cc1.c1ccc(-c2nc(-c3ccccc3)nc(-c3cccc(-n4c5cc6oc7ccccc7c6c6c5c5c7c(cccc7ccc54)-c4ccccc4-6)c3)n2)cc1.c1ccc(-c2nc(-c3ccccc3)nc(-n3c4cc5oc6ccccc6c5c5c4c4c6c(cccc6ccc43)-c3ccccc3-5)n2)cc1. The van der Waals surface area contributed by atoms with Crippen LogP contribution in [-0.2, 0) is 0 Å². The smallest absolute Gasteiger partial charge is 0.238 e. The summed E-state index contributed by atoms with van der Waals surface area (Å²) in [6, 6.07) is 164. The molecule has 3 aliphatic rings. The summed E-state index contributed by atoms with van der Waals surface area (Å²) in [5.41, 5.74) is 35.6. The molecule has 0 atom stereocenters. The predicted octanol–water partition coefficient (Wildman–Crippen LogP) is 35.3. The lowest BCUT2D eigenvalue weighted by Gasteiger charge is -2.15. The van der Waals surface area contributed by atoms with E-state index in [9.17, 15) is 0 Å². The molecule has 0 radical (unpaired) electrons. The van der Waals surface area contributed by atoms with E-state index in [2.05, 4.69) is 329 Å². The molecule has 0 fully saturated rings. The topological polar surface area (TPSA) is 157 Å². The molecule has 0 bridgehead atoms. The minimum atomic E-state index is 0.565. The number of nitrogens with zero attached hydrogens (tertiary/aromatic N) is 11. The monoisotopic (exact) mass is 1910 g/mol. The molecule has 14 heteroatoms. The summed E-state index contributed by atoms with van der Waals surface area (Å²) in [7, 11) is 0. The van der Waals surface area contributed by atoms with E-state index >= 15 is 0 Å². The Morgan fingerprint density at radius 2 is 0.427 bits per heavy atom. The lowest BCUT2D eigenvalue weighted by atomic mass is 9.91. The molecule has 0 unspecified atom stereocenters. The normalized spacial score (nSPS) is 12.1. The number of para-hydroxylation sites is 3. The highest BCUT2D eigenvalue weighted by Crippen LogP contribution is 2.59. The second kappa shape index (κ2) is 32.5. The molecule has 9 aromatic heterocycles. The molecule has 0 aliphatic heterocycles. The van der Waals surface area contributed by atoms with Crippen molar-refractivity contribution in [1.29, 1.82) is 0 Å². The lowest BCUT2D eigenvalue weighted by molar-refractivity contribution is 0.669. The summed E-state index contributed by atoms with van der Waals surface area (Å²) in [5, 5.41) is 21.4. The van der Waals surface area contributed by atoms with Crippen LogP contribution in [0, 0.1) is 0 Å². The standard InChI is InChI=1S/C49H28N4O.C44H25N3O.C43H24N4O/c1-3-13-30(14-4-1)47-50-48(31-15-5-2-6-16-31)52-49(51-47)32-18-11-19-33(27-32)53-38-26-25-29-17-12-23-35-34-20-7-8-21-36(34)44-43-37-22-9-10-24-40(37)54-41(43)28-39(53)46(44)45(38)42(29)35;1-3-12-26(13-4-1)33-24-34(27-14-5-2-6-15-27)46-44(45-33)47-35-23-22-28-16-11-20-30-29-17-7-8-18-31(29)41-40-32-19-9-10-21-37(32)48-38(40)25-36(47)43(41)42(35)39(28)30;1-3-12-26(13-4-1)41-44-42(27-14-5-2-6-15-27)46-43(45-41)47-32-23-22-25-16-11-20-29-28-17-7-8-18-30(28)38-37-31-19-9-10-21-34(31)48-35(37)24-33(47)40(38)39(32)36(25)29/h1-28H;1-25H;1-24H. The van der Waals surface area contributed by atoms with Crippen LogP contribution in [-0.4, -0.2) is 53.6 Å². The van der Waals surface area contributed by atoms with E-state index < -0.39 is 0 Å². The van der Waals surface area contributed by atoms with Crippen molar-refractivity contribution < 1.29 is 13.3 Å². The minimum absolute atomic E-state index is 0.565. The number of rotatable bonds is 10. The molecule has 34 rings (SSSR count). The van der Waals surface area contributed by atoms with Gasteiger partial charge in [0.1, 0.15) is 33.5 Å². The van der Waals surface area contributed by atoms with Gasteiger partial charge in [-0.3, -0.25) is 9.13 Å². The first-order valence-corrected chi connectivity index (χ1v) is 50.6. The first-order valence-electron chi connectivity index (χ1n) is 50.6. The second-order valence-corrected chi connectivity index (χ2v) is 38.9. The van der Waals surface area contributed by atoms with E-state index in [4.69, 9.17) is 53.1 Å². The first-order chi connectivity index (χ1) is 74.4. The van der Waals surface area contributed by atoms with Crippen molar-refractivity contribution in [2.75, 3.05) is 0 Å². The first kappa shape index (κ1) is 83.0. The summed E-state index contributed by atoms with van der Waals surface area (Å²) in [5.74, 6) is 4.33. The molecular formula is C136H77N11O3. The van der Waals surface area contributed by atoms with Gasteiger partial charge in [0.2, 0.25) is 11.9 Å². The quantitative estimate of drug-likeness (QED) is 0.128. The van der Waals surface area contributed by atoms with Gasteiger partial charge in [-0.15, -0.1) is 0 Å². The van der Waals surface area contributed by atoms with Crippen LogP contribution in [0.5, 0.6) is 0 Å². The third-order valence-corrected chi connectivity index (χ3v) is 30.7. The number of hydrogen-bond donors (Lipinski definition) is 0. The molecule has 3 aliphatic carbocycles. The number of fused-ring (bicyclic) bond motifs is 21. The zero-order valence-corrected chi connectivity index (χ0v) is 80.1. The number of aromatic nitrogens is 11. The highest BCUT2D eigenvalue weighted by molar-refractivity contribution is 6.39. The number of hydrogen-bond acceptors (Lipinski definition) is 11. The molecule has 0 saturated carbocycles.